The number of hydrogen-bond donors (Lipinski definition) is 1. The van der Waals surface area contributed by atoms with Crippen LogP contribution in [0.25, 0.3) is 5.70 Å². The third-order valence-electron chi connectivity index (χ3n) is 5.31. The SMILES string of the molecule is C=C(N=CC)c1ccc(NC(=O)c2ccc(OC)cc2CN2CCN(C)CC2)cc1. The number of hydrogen-bond acceptors (Lipinski definition) is 5. The van der Waals surface area contributed by atoms with Crippen molar-refractivity contribution in [3.8, 4) is 5.75 Å². The van der Waals surface area contributed by atoms with Crippen LogP contribution >= 0.6 is 0 Å². The van der Waals surface area contributed by atoms with Gasteiger partial charge in [0.05, 0.1) is 12.8 Å². The summed E-state index contributed by atoms with van der Waals surface area (Å²) in [5.41, 5.74) is 3.99. The minimum atomic E-state index is -0.125. The number of piperazine rings is 1. The van der Waals surface area contributed by atoms with Gasteiger partial charge in [-0.25, -0.2) is 0 Å². The summed E-state index contributed by atoms with van der Waals surface area (Å²) in [7, 11) is 3.78. The van der Waals surface area contributed by atoms with Gasteiger partial charge in [-0.2, -0.15) is 0 Å². The zero-order valence-corrected chi connectivity index (χ0v) is 18.0. The van der Waals surface area contributed by atoms with Crippen LogP contribution in [0.15, 0.2) is 54.0 Å². The molecule has 3 rings (SSSR count). The lowest BCUT2D eigenvalue weighted by Crippen LogP contribution is -2.44. The van der Waals surface area contributed by atoms with Crippen molar-refractivity contribution >= 4 is 23.5 Å². The fraction of sp³-hybridized carbons (Fsp3) is 0.333. The average Bonchev–Trinajstić information content (AvgIpc) is 2.76. The summed E-state index contributed by atoms with van der Waals surface area (Å²) in [6.07, 6.45) is 1.71. The summed E-state index contributed by atoms with van der Waals surface area (Å²) < 4.78 is 5.39. The zero-order valence-electron chi connectivity index (χ0n) is 18.0. The quantitative estimate of drug-likeness (QED) is 0.712. The third-order valence-corrected chi connectivity index (χ3v) is 5.31. The highest BCUT2D eigenvalue weighted by molar-refractivity contribution is 6.05. The topological polar surface area (TPSA) is 57.2 Å². The number of carbonyl (C=O) groups excluding carboxylic acids is 1. The molecule has 0 aromatic heterocycles. The monoisotopic (exact) mass is 406 g/mol. The van der Waals surface area contributed by atoms with E-state index in [9.17, 15) is 4.79 Å². The standard InChI is InChI=1S/C24H30N4O2/c1-5-25-18(2)19-6-8-21(9-7-19)26-24(29)23-11-10-22(30-4)16-20(23)17-28-14-12-27(3)13-15-28/h5-11,16H,2,12-15,17H2,1,3-4H3,(H,26,29). The van der Waals surface area contributed by atoms with Gasteiger partial charge in [0.25, 0.3) is 5.91 Å². The van der Waals surface area contributed by atoms with Gasteiger partial charge in [-0.3, -0.25) is 14.7 Å². The third kappa shape index (κ3) is 5.55. The molecule has 0 saturated carbocycles. The molecule has 1 N–H and O–H groups in total. The number of ether oxygens (including phenoxy) is 1. The maximum atomic E-state index is 13.0. The molecule has 6 heteroatoms. The summed E-state index contributed by atoms with van der Waals surface area (Å²) in [6, 6.07) is 13.2. The molecule has 1 aliphatic rings. The molecule has 0 spiro atoms. The Kier molecular flexibility index (Phi) is 7.38. The molecule has 0 unspecified atom stereocenters. The molecule has 0 radical (unpaired) electrons. The first-order chi connectivity index (χ1) is 14.5. The van der Waals surface area contributed by atoms with Crippen LogP contribution in [0, 0.1) is 0 Å². The van der Waals surface area contributed by atoms with E-state index < -0.39 is 0 Å². The summed E-state index contributed by atoms with van der Waals surface area (Å²) >= 11 is 0. The average molecular weight is 407 g/mol. The van der Waals surface area contributed by atoms with Gasteiger partial charge in [-0.15, -0.1) is 0 Å². The molecular formula is C24H30N4O2. The van der Waals surface area contributed by atoms with Crippen LogP contribution in [-0.4, -0.2) is 62.3 Å². The lowest BCUT2D eigenvalue weighted by molar-refractivity contribution is 0.102. The van der Waals surface area contributed by atoms with Crippen molar-refractivity contribution in [2.24, 2.45) is 4.99 Å². The molecule has 1 amide bonds. The Balaban J connectivity index is 1.75. The molecule has 1 saturated heterocycles. The lowest BCUT2D eigenvalue weighted by atomic mass is 10.0. The molecule has 2 aromatic carbocycles. The van der Waals surface area contributed by atoms with Crippen LogP contribution in [0.3, 0.4) is 0 Å². The maximum Gasteiger partial charge on any atom is 0.255 e. The maximum absolute atomic E-state index is 13.0. The molecule has 30 heavy (non-hydrogen) atoms. The van der Waals surface area contributed by atoms with E-state index in [1.54, 1.807) is 13.3 Å². The van der Waals surface area contributed by atoms with Crippen LogP contribution in [0.4, 0.5) is 5.69 Å². The Hall–Kier alpha value is -2.96. The second-order valence-electron chi connectivity index (χ2n) is 7.47. The molecule has 6 nitrogen and oxygen atoms in total. The summed E-state index contributed by atoms with van der Waals surface area (Å²) in [5, 5.41) is 3.00. The summed E-state index contributed by atoms with van der Waals surface area (Å²) in [4.78, 5) is 21.9. The van der Waals surface area contributed by atoms with E-state index in [2.05, 4.69) is 33.7 Å². The molecule has 2 aromatic rings. The highest BCUT2D eigenvalue weighted by Gasteiger charge is 2.18. The van der Waals surface area contributed by atoms with E-state index in [4.69, 9.17) is 4.74 Å². The number of nitrogens with zero attached hydrogens (tertiary/aromatic N) is 3. The molecule has 0 aliphatic carbocycles. The van der Waals surface area contributed by atoms with Gasteiger partial charge in [-0.1, -0.05) is 18.7 Å². The Labute approximate surface area is 178 Å². The number of likely N-dealkylation sites (N-methyl/N-ethyl adjacent to an activating group) is 1. The van der Waals surface area contributed by atoms with E-state index in [1.165, 1.54) is 0 Å². The molecule has 158 valence electrons. The Morgan fingerprint density at radius 1 is 1.17 bits per heavy atom. The molecule has 1 fully saturated rings. The predicted octanol–water partition coefficient (Wildman–Crippen LogP) is 3.76. The second kappa shape index (κ2) is 10.2. The number of nitrogens with one attached hydrogen (secondary N) is 1. The number of carbonyl (C=O) groups is 1. The predicted molar refractivity (Wildman–Crippen MR) is 123 cm³/mol. The van der Waals surface area contributed by atoms with Gasteiger partial charge >= 0.3 is 0 Å². The van der Waals surface area contributed by atoms with E-state index in [0.29, 0.717) is 11.3 Å². The Bertz CT molecular complexity index is 913. The number of methoxy groups -OCH3 is 1. The number of aliphatic imine (C=N–C) groups is 1. The Morgan fingerprint density at radius 3 is 2.50 bits per heavy atom. The van der Waals surface area contributed by atoms with Crippen molar-refractivity contribution in [2.45, 2.75) is 13.5 Å². The number of benzene rings is 2. The molecular weight excluding hydrogens is 376 g/mol. The molecule has 0 bridgehead atoms. The van der Waals surface area contributed by atoms with Gasteiger partial charge in [0.2, 0.25) is 0 Å². The van der Waals surface area contributed by atoms with Crippen LogP contribution in [0.1, 0.15) is 28.4 Å². The Morgan fingerprint density at radius 2 is 1.87 bits per heavy atom. The van der Waals surface area contributed by atoms with Crippen molar-refractivity contribution in [2.75, 3.05) is 45.7 Å². The van der Waals surface area contributed by atoms with Crippen LogP contribution in [-0.2, 0) is 6.54 Å². The van der Waals surface area contributed by atoms with Crippen molar-refractivity contribution in [1.82, 2.24) is 9.80 Å². The van der Waals surface area contributed by atoms with Gasteiger partial charge in [-0.05, 0) is 55.4 Å². The van der Waals surface area contributed by atoms with E-state index in [0.717, 1.165) is 55.3 Å². The highest BCUT2D eigenvalue weighted by atomic mass is 16.5. The minimum Gasteiger partial charge on any atom is -0.497 e. The van der Waals surface area contributed by atoms with Crippen LogP contribution < -0.4 is 10.1 Å². The van der Waals surface area contributed by atoms with Gasteiger partial charge in [0.15, 0.2) is 0 Å². The fourth-order valence-corrected chi connectivity index (χ4v) is 3.47. The summed E-state index contributed by atoms with van der Waals surface area (Å²) in [5.74, 6) is 0.634. The van der Waals surface area contributed by atoms with Gasteiger partial charge < -0.3 is 15.0 Å². The van der Waals surface area contributed by atoms with Gasteiger partial charge in [0, 0.05) is 50.2 Å². The first-order valence-electron chi connectivity index (χ1n) is 10.2. The van der Waals surface area contributed by atoms with E-state index >= 15 is 0 Å². The van der Waals surface area contributed by atoms with Crippen molar-refractivity contribution in [1.29, 1.82) is 0 Å². The molecule has 1 aliphatic heterocycles. The van der Waals surface area contributed by atoms with Crippen molar-refractivity contribution in [3.05, 3.63) is 65.7 Å². The minimum absolute atomic E-state index is 0.125. The van der Waals surface area contributed by atoms with Crippen LogP contribution in [0.2, 0.25) is 0 Å². The van der Waals surface area contributed by atoms with Gasteiger partial charge in [0.1, 0.15) is 5.75 Å². The number of rotatable bonds is 7. The van der Waals surface area contributed by atoms with E-state index in [-0.39, 0.29) is 5.91 Å². The smallest absolute Gasteiger partial charge is 0.255 e. The van der Waals surface area contributed by atoms with Crippen molar-refractivity contribution < 1.29 is 9.53 Å². The zero-order chi connectivity index (χ0) is 21.5. The van der Waals surface area contributed by atoms with E-state index in [1.807, 2.05) is 49.4 Å². The lowest BCUT2D eigenvalue weighted by Gasteiger charge is -2.32. The van der Waals surface area contributed by atoms with Crippen molar-refractivity contribution in [3.63, 3.8) is 0 Å². The normalized spacial score (nSPS) is 15.3. The molecule has 1 heterocycles. The first-order valence-corrected chi connectivity index (χ1v) is 10.2. The first kappa shape index (κ1) is 21.7. The number of anilines is 1. The second-order valence-corrected chi connectivity index (χ2v) is 7.47. The van der Waals surface area contributed by atoms with Crippen LogP contribution in [0.5, 0.6) is 5.75 Å². The summed E-state index contributed by atoms with van der Waals surface area (Å²) in [6.45, 7) is 10.6. The highest BCUT2D eigenvalue weighted by Crippen LogP contribution is 2.22. The number of amides is 1. The largest absolute Gasteiger partial charge is 0.497 e. The fourth-order valence-electron chi connectivity index (χ4n) is 3.47. The molecule has 0 atom stereocenters.